The molecule has 0 aliphatic heterocycles. The molecule has 0 spiro atoms. The third-order valence-corrected chi connectivity index (χ3v) is 5.10. The maximum atomic E-state index is 12.3. The van der Waals surface area contributed by atoms with E-state index in [1.165, 1.54) is 32.1 Å². The molecule has 0 N–H and O–H groups in total. The first kappa shape index (κ1) is 20.2. The van der Waals surface area contributed by atoms with Crippen LogP contribution >= 0.6 is 0 Å². The van der Waals surface area contributed by atoms with Gasteiger partial charge in [-0.1, -0.05) is 32.6 Å². The van der Waals surface area contributed by atoms with Gasteiger partial charge in [-0.05, 0) is 73.7 Å². The number of carbonyl (C=O) groups is 1. The number of carbonyl (C=O) groups excluding carboxylic acids is 1. The maximum absolute atomic E-state index is 12.3. The third-order valence-electron chi connectivity index (χ3n) is 5.10. The van der Waals surface area contributed by atoms with E-state index in [4.69, 9.17) is 14.2 Å². The van der Waals surface area contributed by atoms with Crippen LogP contribution in [0.1, 0.15) is 62.2 Å². The molecule has 3 rings (SSSR count). The Morgan fingerprint density at radius 2 is 1.46 bits per heavy atom. The van der Waals surface area contributed by atoms with Gasteiger partial charge in [0, 0.05) is 0 Å². The number of rotatable bonds is 9. The van der Waals surface area contributed by atoms with Crippen molar-refractivity contribution in [1.29, 1.82) is 0 Å². The van der Waals surface area contributed by atoms with E-state index in [-0.39, 0.29) is 5.97 Å². The Hall–Kier alpha value is -2.49. The van der Waals surface area contributed by atoms with Crippen LogP contribution in [-0.2, 0) is 0 Å². The van der Waals surface area contributed by atoms with Crippen LogP contribution in [0.5, 0.6) is 17.2 Å². The molecular formula is C24H30O4. The van der Waals surface area contributed by atoms with E-state index >= 15 is 0 Å². The molecule has 0 saturated heterocycles. The number of unbranched alkanes of at least 4 members (excludes halogenated alkanes) is 1. The summed E-state index contributed by atoms with van der Waals surface area (Å²) in [5.41, 5.74) is 0.500. The molecule has 0 atom stereocenters. The topological polar surface area (TPSA) is 44.8 Å². The Balaban J connectivity index is 1.47. The van der Waals surface area contributed by atoms with E-state index in [2.05, 4.69) is 6.92 Å². The summed E-state index contributed by atoms with van der Waals surface area (Å²) < 4.78 is 17.0. The van der Waals surface area contributed by atoms with Crippen molar-refractivity contribution in [3.8, 4) is 17.2 Å². The van der Waals surface area contributed by atoms with Gasteiger partial charge in [0.05, 0.1) is 18.8 Å². The molecule has 2 aromatic carbocycles. The number of hydrogen-bond donors (Lipinski definition) is 0. The average molecular weight is 383 g/mol. The van der Waals surface area contributed by atoms with Crippen LogP contribution in [-0.4, -0.2) is 19.2 Å². The van der Waals surface area contributed by atoms with E-state index in [1.807, 2.05) is 12.1 Å². The van der Waals surface area contributed by atoms with Gasteiger partial charge in [-0.25, -0.2) is 4.79 Å². The van der Waals surface area contributed by atoms with E-state index in [1.54, 1.807) is 36.4 Å². The zero-order valence-corrected chi connectivity index (χ0v) is 16.7. The molecule has 4 nitrogen and oxygen atoms in total. The second-order valence-corrected chi connectivity index (χ2v) is 7.40. The minimum absolute atomic E-state index is 0.379. The Kier molecular flexibility index (Phi) is 7.77. The molecule has 0 radical (unpaired) electrons. The molecule has 0 aromatic heterocycles. The molecule has 150 valence electrons. The standard InChI is InChI=1S/C24H30O4/c1-2-3-17-26-21-11-9-20(10-12-21)24(25)28-23-15-13-22(14-16-23)27-18-19-7-5-4-6-8-19/h9-16,19H,2-8,17-18H2,1H3. The van der Waals surface area contributed by atoms with Crippen LogP contribution in [0.3, 0.4) is 0 Å². The van der Waals surface area contributed by atoms with Gasteiger partial charge < -0.3 is 14.2 Å². The Bertz CT molecular complexity index is 715. The van der Waals surface area contributed by atoms with E-state index in [0.29, 0.717) is 23.8 Å². The number of esters is 1. The molecule has 0 unspecified atom stereocenters. The van der Waals surface area contributed by atoms with Gasteiger partial charge in [-0.15, -0.1) is 0 Å². The molecule has 1 fully saturated rings. The zero-order valence-electron chi connectivity index (χ0n) is 16.7. The minimum Gasteiger partial charge on any atom is -0.494 e. The molecular weight excluding hydrogens is 352 g/mol. The quantitative estimate of drug-likeness (QED) is 0.301. The Labute approximate surface area is 167 Å². The van der Waals surface area contributed by atoms with Crippen molar-refractivity contribution in [2.75, 3.05) is 13.2 Å². The molecule has 0 heterocycles. The highest BCUT2D eigenvalue weighted by Crippen LogP contribution is 2.25. The molecule has 2 aromatic rings. The van der Waals surface area contributed by atoms with Crippen LogP contribution in [0.2, 0.25) is 0 Å². The summed E-state index contributed by atoms with van der Waals surface area (Å²) in [5.74, 6) is 2.39. The smallest absolute Gasteiger partial charge is 0.343 e. The second kappa shape index (κ2) is 10.7. The number of hydrogen-bond acceptors (Lipinski definition) is 4. The maximum Gasteiger partial charge on any atom is 0.343 e. The normalized spacial score (nSPS) is 14.5. The van der Waals surface area contributed by atoms with Crippen LogP contribution in [0.4, 0.5) is 0 Å². The van der Waals surface area contributed by atoms with Gasteiger partial charge in [-0.2, -0.15) is 0 Å². The summed E-state index contributed by atoms with van der Waals surface area (Å²) in [6, 6.07) is 14.3. The minimum atomic E-state index is -0.379. The predicted molar refractivity (Wildman–Crippen MR) is 110 cm³/mol. The van der Waals surface area contributed by atoms with Gasteiger partial charge in [0.15, 0.2) is 0 Å². The monoisotopic (exact) mass is 382 g/mol. The molecule has 1 aliphatic carbocycles. The van der Waals surface area contributed by atoms with E-state index < -0.39 is 0 Å². The first-order chi connectivity index (χ1) is 13.7. The van der Waals surface area contributed by atoms with Crippen molar-refractivity contribution in [2.45, 2.75) is 51.9 Å². The lowest BCUT2D eigenvalue weighted by Crippen LogP contribution is -2.15. The zero-order chi connectivity index (χ0) is 19.6. The Morgan fingerprint density at radius 1 is 0.857 bits per heavy atom. The lowest BCUT2D eigenvalue weighted by molar-refractivity contribution is 0.0734. The summed E-state index contributed by atoms with van der Waals surface area (Å²) in [7, 11) is 0. The average Bonchev–Trinajstić information content (AvgIpc) is 2.75. The molecule has 1 saturated carbocycles. The van der Waals surface area contributed by atoms with Gasteiger partial charge in [-0.3, -0.25) is 0 Å². The molecule has 0 bridgehead atoms. The fourth-order valence-corrected chi connectivity index (χ4v) is 3.36. The highest BCUT2D eigenvalue weighted by atomic mass is 16.5. The summed E-state index contributed by atoms with van der Waals surface area (Å²) in [6.07, 6.45) is 8.62. The van der Waals surface area contributed by atoms with Gasteiger partial charge in [0.25, 0.3) is 0 Å². The van der Waals surface area contributed by atoms with Crippen molar-refractivity contribution in [3.05, 3.63) is 54.1 Å². The van der Waals surface area contributed by atoms with Crippen LogP contribution in [0.25, 0.3) is 0 Å². The summed E-state index contributed by atoms with van der Waals surface area (Å²) >= 11 is 0. The highest BCUT2D eigenvalue weighted by molar-refractivity contribution is 5.91. The molecule has 28 heavy (non-hydrogen) atoms. The van der Waals surface area contributed by atoms with Crippen LogP contribution in [0.15, 0.2) is 48.5 Å². The highest BCUT2D eigenvalue weighted by Gasteiger charge is 2.14. The van der Waals surface area contributed by atoms with Gasteiger partial charge >= 0.3 is 5.97 Å². The predicted octanol–water partition coefficient (Wildman–Crippen LogP) is 6.04. The van der Waals surface area contributed by atoms with E-state index in [9.17, 15) is 4.79 Å². The van der Waals surface area contributed by atoms with Gasteiger partial charge in [0.2, 0.25) is 0 Å². The fraction of sp³-hybridized carbons (Fsp3) is 0.458. The number of benzene rings is 2. The summed E-state index contributed by atoms with van der Waals surface area (Å²) in [6.45, 7) is 3.58. The van der Waals surface area contributed by atoms with Crippen LogP contribution < -0.4 is 14.2 Å². The fourth-order valence-electron chi connectivity index (χ4n) is 3.36. The summed E-state index contributed by atoms with van der Waals surface area (Å²) in [5, 5.41) is 0. The van der Waals surface area contributed by atoms with Crippen molar-refractivity contribution >= 4 is 5.97 Å². The summed E-state index contributed by atoms with van der Waals surface area (Å²) in [4.78, 5) is 12.3. The Morgan fingerprint density at radius 3 is 2.14 bits per heavy atom. The van der Waals surface area contributed by atoms with Crippen LogP contribution in [0, 0.1) is 5.92 Å². The lowest BCUT2D eigenvalue weighted by Gasteiger charge is -2.21. The third kappa shape index (κ3) is 6.29. The molecule has 0 amide bonds. The second-order valence-electron chi connectivity index (χ2n) is 7.40. The SMILES string of the molecule is CCCCOc1ccc(C(=O)Oc2ccc(OCC3CCCCC3)cc2)cc1. The van der Waals surface area contributed by atoms with Gasteiger partial charge in [0.1, 0.15) is 17.2 Å². The lowest BCUT2D eigenvalue weighted by atomic mass is 9.90. The molecule has 4 heteroatoms. The molecule has 1 aliphatic rings. The first-order valence-corrected chi connectivity index (χ1v) is 10.4. The first-order valence-electron chi connectivity index (χ1n) is 10.4. The van der Waals surface area contributed by atoms with E-state index in [0.717, 1.165) is 30.9 Å². The van der Waals surface area contributed by atoms with Crippen molar-refractivity contribution in [3.63, 3.8) is 0 Å². The largest absolute Gasteiger partial charge is 0.494 e. The van der Waals surface area contributed by atoms with Crippen molar-refractivity contribution < 1.29 is 19.0 Å². The van der Waals surface area contributed by atoms with Crippen molar-refractivity contribution in [1.82, 2.24) is 0 Å². The van der Waals surface area contributed by atoms with Crippen molar-refractivity contribution in [2.24, 2.45) is 5.92 Å². The number of ether oxygens (including phenoxy) is 3.